The summed E-state index contributed by atoms with van der Waals surface area (Å²) in [5.41, 5.74) is 4.51. The first kappa shape index (κ1) is 8.56. The molecule has 102 valence electrons. The number of hydrogen-bond acceptors (Lipinski definition) is 2. The van der Waals surface area contributed by atoms with Crippen LogP contribution < -0.4 is 4.57 Å². The zero-order chi connectivity index (χ0) is 16.6. The monoisotopic (exact) mass is 279 g/mol. The molecule has 0 N–H and O–H groups in total. The highest BCUT2D eigenvalue weighted by molar-refractivity contribution is 6.04. The molecule has 5 nitrogen and oxygen atoms in total. The Morgan fingerprint density at radius 2 is 2.10 bits per heavy atom. The first-order valence-electron chi connectivity index (χ1n) is 8.29. The largest absolute Gasteiger partial charge is 0.269 e. The summed E-state index contributed by atoms with van der Waals surface area (Å²) in [6.45, 7) is -1.58. The average Bonchev–Trinajstić information content (AvgIpc) is 3.15. The van der Waals surface area contributed by atoms with Gasteiger partial charge in [0.2, 0.25) is 5.82 Å². The number of aryl methyl sites for hydroxylation is 2. The van der Waals surface area contributed by atoms with Crippen LogP contribution in [0.2, 0.25) is 0 Å². The molecule has 0 saturated carbocycles. The smallest absolute Gasteiger partial charge is 0.264 e. The van der Waals surface area contributed by atoms with Crippen LogP contribution in [0.3, 0.4) is 0 Å². The molecule has 0 saturated heterocycles. The van der Waals surface area contributed by atoms with Crippen LogP contribution in [0.5, 0.6) is 0 Å². The summed E-state index contributed by atoms with van der Waals surface area (Å²) in [6, 6.07) is 3.74. The van der Waals surface area contributed by atoms with Gasteiger partial charge in [-0.25, -0.2) is 9.13 Å². The van der Waals surface area contributed by atoms with Crippen molar-refractivity contribution < 1.29 is 8.68 Å². The fourth-order valence-corrected chi connectivity index (χ4v) is 3.49. The van der Waals surface area contributed by atoms with Gasteiger partial charge in [0, 0.05) is 30.4 Å². The minimum Gasteiger partial charge on any atom is -0.264 e. The van der Waals surface area contributed by atoms with E-state index in [0.29, 0.717) is 17.7 Å². The zero-order valence-corrected chi connectivity index (χ0v) is 11.4. The lowest BCUT2D eigenvalue weighted by atomic mass is 10.2. The van der Waals surface area contributed by atoms with Crippen molar-refractivity contribution in [3.05, 3.63) is 42.5 Å². The minimum absolute atomic E-state index is 0.676. The summed E-state index contributed by atoms with van der Waals surface area (Å²) >= 11 is 0. The van der Waals surface area contributed by atoms with Gasteiger partial charge in [0.15, 0.2) is 5.52 Å². The topological polar surface area (TPSA) is 39.5 Å². The maximum Gasteiger partial charge on any atom is 0.269 e. The number of hydrogen-bond donors (Lipinski definition) is 0. The predicted molar refractivity (Wildman–Crippen MR) is 79.7 cm³/mol. The molecular formula is C16H14N5+. The van der Waals surface area contributed by atoms with Gasteiger partial charge in [0.1, 0.15) is 5.52 Å². The number of rotatable bonds is 0. The van der Waals surface area contributed by atoms with Crippen LogP contribution in [-0.4, -0.2) is 19.1 Å². The molecule has 1 aliphatic heterocycles. The molecule has 0 radical (unpaired) electrons. The van der Waals surface area contributed by atoms with Crippen molar-refractivity contribution in [3.63, 3.8) is 0 Å². The lowest BCUT2D eigenvalue weighted by molar-refractivity contribution is -0.636. The number of aromatic nitrogens is 5. The van der Waals surface area contributed by atoms with Crippen molar-refractivity contribution in [2.24, 2.45) is 14.0 Å². The van der Waals surface area contributed by atoms with Gasteiger partial charge < -0.3 is 0 Å². The molecule has 0 unspecified atom stereocenters. The van der Waals surface area contributed by atoms with E-state index in [2.05, 4.69) is 14.5 Å². The van der Waals surface area contributed by atoms with E-state index in [1.165, 1.54) is 4.57 Å². The lowest BCUT2D eigenvalue weighted by Gasteiger charge is -1.98. The highest BCUT2D eigenvalue weighted by Crippen LogP contribution is 2.36. The molecule has 21 heavy (non-hydrogen) atoms. The Kier molecular flexibility index (Phi) is 1.42. The quantitative estimate of drug-likeness (QED) is 0.405. The minimum atomic E-state index is -2.26. The second-order valence-corrected chi connectivity index (χ2v) is 5.40. The normalized spacial score (nSPS) is 15.8. The van der Waals surface area contributed by atoms with Crippen molar-refractivity contribution in [1.29, 1.82) is 0 Å². The van der Waals surface area contributed by atoms with Gasteiger partial charge in [-0.15, -0.1) is 0 Å². The Hall–Kier alpha value is -2.69. The molecule has 4 aromatic rings. The first-order chi connectivity index (χ1) is 11.5. The molecule has 0 bridgehead atoms. The summed E-state index contributed by atoms with van der Waals surface area (Å²) < 4.78 is 29.5. The number of pyridine rings is 2. The highest BCUT2D eigenvalue weighted by atomic mass is 15.2. The molecular weight excluding hydrogens is 262 g/mol. The molecule has 5 heteroatoms. The molecule has 5 rings (SSSR count). The summed E-state index contributed by atoms with van der Waals surface area (Å²) in [5.74, 6) is 1.00. The Morgan fingerprint density at radius 3 is 3.00 bits per heavy atom. The van der Waals surface area contributed by atoms with Crippen LogP contribution in [0.15, 0.2) is 36.9 Å². The van der Waals surface area contributed by atoms with Crippen molar-refractivity contribution in [1.82, 2.24) is 19.1 Å². The van der Waals surface area contributed by atoms with E-state index in [9.17, 15) is 0 Å². The number of fused-ring (bicyclic) bond motifs is 7. The molecule has 0 fully saturated rings. The Bertz CT molecular complexity index is 1140. The zero-order valence-electron chi connectivity index (χ0n) is 14.4. The van der Waals surface area contributed by atoms with Crippen LogP contribution in [0.1, 0.15) is 9.68 Å². The predicted octanol–water partition coefficient (Wildman–Crippen LogP) is 1.78. The fraction of sp³-hybridized carbons (Fsp3) is 0.188. The third-order valence-corrected chi connectivity index (χ3v) is 4.35. The van der Waals surface area contributed by atoms with Crippen molar-refractivity contribution in [2.45, 2.75) is 6.54 Å². The van der Waals surface area contributed by atoms with E-state index in [-0.39, 0.29) is 0 Å². The van der Waals surface area contributed by atoms with Crippen LogP contribution in [0, 0.1) is 0 Å². The molecule has 0 atom stereocenters. The van der Waals surface area contributed by atoms with Gasteiger partial charge in [-0.3, -0.25) is 14.5 Å². The Labute approximate surface area is 125 Å². The highest BCUT2D eigenvalue weighted by Gasteiger charge is 2.34. The van der Waals surface area contributed by atoms with Crippen LogP contribution in [0.4, 0.5) is 0 Å². The van der Waals surface area contributed by atoms with Crippen LogP contribution >= 0.6 is 0 Å². The van der Waals surface area contributed by atoms with Crippen LogP contribution in [0.25, 0.3) is 33.5 Å². The first-order valence-corrected chi connectivity index (χ1v) is 6.79. The van der Waals surface area contributed by atoms with E-state index in [1.54, 1.807) is 24.7 Å². The maximum atomic E-state index is 7.99. The van der Waals surface area contributed by atoms with E-state index >= 15 is 0 Å². The number of nitrogens with zero attached hydrogens (tertiary/aromatic N) is 5. The summed E-state index contributed by atoms with van der Waals surface area (Å²) in [5, 5.41) is 0.853. The molecule has 1 aliphatic rings. The van der Waals surface area contributed by atoms with E-state index < -0.39 is 6.98 Å². The second-order valence-electron chi connectivity index (χ2n) is 5.40. The molecule has 4 aromatic heterocycles. The van der Waals surface area contributed by atoms with E-state index in [4.69, 9.17) is 4.11 Å². The maximum absolute atomic E-state index is 7.99. The van der Waals surface area contributed by atoms with Gasteiger partial charge >= 0.3 is 0 Å². The molecule has 0 spiro atoms. The molecule has 5 heterocycles. The molecule has 0 aliphatic carbocycles. The van der Waals surface area contributed by atoms with E-state index in [0.717, 1.165) is 27.9 Å². The third kappa shape index (κ3) is 1.15. The van der Waals surface area contributed by atoms with Crippen molar-refractivity contribution in [2.75, 3.05) is 0 Å². The average molecular weight is 279 g/mol. The fourth-order valence-electron chi connectivity index (χ4n) is 3.49. The Balaban J connectivity index is 2.02. The summed E-state index contributed by atoms with van der Waals surface area (Å²) in [4.78, 5) is 8.42. The van der Waals surface area contributed by atoms with E-state index in [1.807, 2.05) is 23.9 Å². The summed E-state index contributed by atoms with van der Waals surface area (Å²) in [7, 11) is 1.91. The van der Waals surface area contributed by atoms with Crippen LogP contribution in [-0.2, 0) is 20.6 Å². The number of imidazole rings is 1. The molecule has 0 aromatic carbocycles. The van der Waals surface area contributed by atoms with Gasteiger partial charge in [-0.2, -0.15) is 0 Å². The second kappa shape index (κ2) is 3.49. The van der Waals surface area contributed by atoms with Gasteiger partial charge in [-0.05, 0) is 12.1 Å². The van der Waals surface area contributed by atoms with Gasteiger partial charge in [0.25, 0.3) is 5.65 Å². The molecule has 0 amide bonds. The van der Waals surface area contributed by atoms with Crippen molar-refractivity contribution >= 4 is 22.1 Å². The summed E-state index contributed by atoms with van der Waals surface area (Å²) in [6.07, 6.45) is 7.01. The Morgan fingerprint density at radius 1 is 1.24 bits per heavy atom. The van der Waals surface area contributed by atoms with Gasteiger partial charge in [0.05, 0.1) is 35.6 Å². The standard InChI is InChI=1S/C16H14N5/c1-19-13-4-6-18-8-12(13)14-16(19)20(2)15-11-3-5-17-7-10(11)9-21(14)15/h3-8H,9H2,1-2H3/q+1/i1D3. The van der Waals surface area contributed by atoms with Crippen molar-refractivity contribution in [3.8, 4) is 11.4 Å². The third-order valence-electron chi connectivity index (χ3n) is 4.35. The lowest BCUT2D eigenvalue weighted by Crippen LogP contribution is -2.31. The SMILES string of the molecule is [2H]C([2H])([2H])n1c2ccncc2c2c1[n+](C)c1n2Cc2cnccc2-1. The van der Waals surface area contributed by atoms with Gasteiger partial charge in [-0.1, -0.05) is 0 Å².